The number of amides is 1. The third-order valence-electron chi connectivity index (χ3n) is 2.30. The van der Waals surface area contributed by atoms with Crippen molar-refractivity contribution in [3.63, 3.8) is 0 Å². The smallest absolute Gasteiger partial charge is 0.251 e. The largest absolute Gasteiger partial charge is 0.394 e. The van der Waals surface area contributed by atoms with E-state index >= 15 is 0 Å². The fourth-order valence-corrected chi connectivity index (χ4v) is 1.20. The highest BCUT2D eigenvalue weighted by Gasteiger charge is 2.33. The first kappa shape index (κ1) is 18.0. The lowest BCUT2D eigenvalue weighted by atomic mass is 10.0. The molecule has 0 spiro atoms. The fraction of sp³-hybridized carbons (Fsp3) is 0.727. The van der Waals surface area contributed by atoms with Crippen LogP contribution in [0.5, 0.6) is 0 Å². The van der Waals surface area contributed by atoms with Gasteiger partial charge in [0.15, 0.2) is 6.10 Å². The van der Waals surface area contributed by atoms with Gasteiger partial charge in [0.05, 0.1) is 19.8 Å². The number of aliphatic hydroxyl groups excluding tert-OH is 5. The minimum absolute atomic E-state index is 0.106. The summed E-state index contributed by atoms with van der Waals surface area (Å²) in [6.07, 6.45) is -5.77. The van der Waals surface area contributed by atoms with Gasteiger partial charge in [-0.1, -0.05) is 6.08 Å². The summed E-state index contributed by atoms with van der Waals surface area (Å²) in [6.45, 7) is 3.25. The molecule has 4 atom stereocenters. The second-order valence-electron chi connectivity index (χ2n) is 3.83. The molecule has 8 nitrogen and oxygen atoms in total. The summed E-state index contributed by atoms with van der Waals surface area (Å²) in [5.41, 5.74) is 0. The van der Waals surface area contributed by atoms with E-state index in [1.165, 1.54) is 6.08 Å². The number of rotatable bonds is 10. The van der Waals surface area contributed by atoms with Crippen molar-refractivity contribution in [1.82, 2.24) is 5.32 Å². The van der Waals surface area contributed by atoms with E-state index in [0.29, 0.717) is 6.61 Å². The molecule has 0 heterocycles. The van der Waals surface area contributed by atoms with Crippen molar-refractivity contribution in [2.24, 2.45) is 0 Å². The molecule has 19 heavy (non-hydrogen) atoms. The molecule has 6 N–H and O–H groups in total. The lowest BCUT2D eigenvalue weighted by Crippen LogP contribution is -2.52. The normalized spacial score (nSPS) is 17.3. The van der Waals surface area contributed by atoms with E-state index in [-0.39, 0.29) is 13.2 Å². The zero-order valence-electron chi connectivity index (χ0n) is 10.5. The van der Waals surface area contributed by atoms with Crippen molar-refractivity contribution < 1.29 is 35.1 Å². The predicted molar refractivity (Wildman–Crippen MR) is 65.1 cm³/mol. The Hall–Kier alpha value is -1.03. The van der Waals surface area contributed by atoms with Crippen LogP contribution in [-0.4, -0.2) is 82.2 Å². The van der Waals surface area contributed by atoms with Crippen molar-refractivity contribution in [1.29, 1.82) is 0 Å². The van der Waals surface area contributed by atoms with E-state index < -0.39 is 36.9 Å². The van der Waals surface area contributed by atoms with E-state index in [2.05, 4.69) is 11.9 Å². The van der Waals surface area contributed by atoms with Crippen molar-refractivity contribution >= 4 is 5.91 Å². The van der Waals surface area contributed by atoms with Gasteiger partial charge in [0.25, 0.3) is 5.91 Å². The zero-order valence-corrected chi connectivity index (χ0v) is 10.5. The summed E-state index contributed by atoms with van der Waals surface area (Å²) in [4.78, 5) is 11.4. The van der Waals surface area contributed by atoms with Gasteiger partial charge in [-0.05, 0) is 0 Å². The highest BCUT2D eigenvalue weighted by molar-refractivity contribution is 5.81. The summed E-state index contributed by atoms with van der Waals surface area (Å²) >= 11 is 0. The highest BCUT2D eigenvalue weighted by atomic mass is 16.5. The van der Waals surface area contributed by atoms with Gasteiger partial charge in [-0.15, -0.1) is 6.58 Å². The van der Waals surface area contributed by atoms with Crippen LogP contribution in [0.2, 0.25) is 0 Å². The second kappa shape index (κ2) is 9.84. The number of hydrogen-bond acceptors (Lipinski definition) is 7. The Bertz CT molecular complexity index is 274. The van der Waals surface area contributed by atoms with Crippen LogP contribution in [0.1, 0.15) is 0 Å². The first-order valence-corrected chi connectivity index (χ1v) is 5.75. The maximum Gasteiger partial charge on any atom is 0.251 e. The van der Waals surface area contributed by atoms with Crippen molar-refractivity contribution in [3.05, 3.63) is 12.7 Å². The zero-order chi connectivity index (χ0) is 14.8. The van der Waals surface area contributed by atoms with E-state index in [0.717, 1.165) is 0 Å². The molecular formula is C11H21NO7. The lowest BCUT2D eigenvalue weighted by molar-refractivity contribution is -0.149. The maximum atomic E-state index is 11.4. The molecule has 0 aliphatic heterocycles. The van der Waals surface area contributed by atoms with Crippen molar-refractivity contribution in [3.8, 4) is 0 Å². The Kier molecular flexibility index (Phi) is 9.31. The van der Waals surface area contributed by atoms with E-state index in [4.69, 9.17) is 14.9 Å². The molecule has 0 radical (unpaired) electrons. The summed E-state index contributed by atoms with van der Waals surface area (Å²) in [5, 5.41) is 48.1. The fourth-order valence-electron chi connectivity index (χ4n) is 1.20. The number of ether oxygens (including phenoxy) is 1. The maximum absolute atomic E-state index is 11.4. The Balaban J connectivity index is 4.06. The molecule has 0 aromatic rings. The van der Waals surface area contributed by atoms with Crippen LogP contribution in [0.4, 0.5) is 0 Å². The quantitative estimate of drug-likeness (QED) is 0.182. The van der Waals surface area contributed by atoms with Gasteiger partial charge >= 0.3 is 0 Å². The summed E-state index contributed by atoms with van der Waals surface area (Å²) < 4.78 is 4.98. The third kappa shape index (κ3) is 6.62. The molecule has 0 rings (SSSR count). The summed E-state index contributed by atoms with van der Waals surface area (Å²) in [6, 6.07) is 0. The molecular weight excluding hydrogens is 258 g/mol. The van der Waals surface area contributed by atoms with Gasteiger partial charge in [0, 0.05) is 6.54 Å². The molecule has 0 saturated heterocycles. The van der Waals surface area contributed by atoms with Gasteiger partial charge in [0.2, 0.25) is 0 Å². The number of nitrogens with one attached hydrogen (secondary N) is 1. The Labute approximate surface area is 110 Å². The van der Waals surface area contributed by atoms with Crippen LogP contribution in [0.3, 0.4) is 0 Å². The standard InChI is InChI=1S/C11H21NO7/c1-2-4-19-5-3-12-11(18)10(17)9(16)8(15)7(14)6-13/h2,7-10,13-17H,1,3-6H2,(H,12,18)/t7-,8-,9+,10-/m1/s1. The molecule has 1 amide bonds. The first-order chi connectivity index (χ1) is 8.95. The minimum atomic E-state index is -1.92. The second-order valence-corrected chi connectivity index (χ2v) is 3.83. The van der Waals surface area contributed by atoms with Gasteiger partial charge in [-0.25, -0.2) is 0 Å². The number of hydrogen-bond donors (Lipinski definition) is 6. The Morgan fingerprint density at radius 1 is 1.26 bits per heavy atom. The van der Waals surface area contributed by atoms with Gasteiger partial charge in [0.1, 0.15) is 18.3 Å². The van der Waals surface area contributed by atoms with E-state index in [9.17, 15) is 20.1 Å². The molecule has 0 aliphatic carbocycles. The SMILES string of the molecule is C=CCOCCNC(=O)[C@H](O)[C@@H](O)[C@H](O)[C@H](O)CO. The highest BCUT2D eigenvalue weighted by Crippen LogP contribution is 2.05. The third-order valence-corrected chi connectivity index (χ3v) is 2.30. The molecule has 0 fully saturated rings. The Morgan fingerprint density at radius 2 is 1.89 bits per heavy atom. The van der Waals surface area contributed by atoms with Gasteiger partial charge < -0.3 is 35.6 Å². The molecule has 0 aliphatic rings. The number of carbonyl (C=O) groups is 1. The summed E-state index contributed by atoms with van der Waals surface area (Å²) in [7, 11) is 0. The monoisotopic (exact) mass is 279 g/mol. The first-order valence-electron chi connectivity index (χ1n) is 5.75. The molecule has 112 valence electrons. The van der Waals surface area contributed by atoms with Crippen LogP contribution in [0, 0.1) is 0 Å². The van der Waals surface area contributed by atoms with Crippen LogP contribution in [0.15, 0.2) is 12.7 Å². The van der Waals surface area contributed by atoms with Crippen molar-refractivity contribution in [2.45, 2.75) is 24.4 Å². The van der Waals surface area contributed by atoms with Crippen LogP contribution < -0.4 is 5.32 Å². The molecule has 8 heteroatoms. The van der Waals surface area contributed by atoms with E-state index in [1.807, 2.05) is 0 Å². The van der Waals surface area contributed by atoms with E-state index in [1.54, 1.807) is 0 Å². The average Bonchev–Trinajstić information content (AvgIpc) is 2.43. The van der Waals surface area contributed by atoms with Crippen LogP contribution in [-0.2, 0) is 9.53 Å². The predicted octanol–water partition coefficient (Wildman–Crippen LogP) is -3.26. The average molecular weight is 279 g/mol. The van der Waals surface area contributed by atoms with Gasteiger partial charge in [-0.3, -0.25) is 4.79 Å². The Morgan fingerprint density at radius 3 is 2.42 bits per heavy atom. The van der Waals surface area contributed by atoms with Crippen LogP contribution in [0.25, 0.3) is 0 Å². The number of aliphatic hydroxyl groups is 5. The number of carbonyl (C=O) groups excluding carboxylic acids is 1. The summed E-state index contributed by atoms with van der Waals surface area (Å²) in [5.74, 6) is -0.918. The molecule has 0 aromatic carbocycles. The minimum Gasteiger partial charge on any atom is -0.394 e. The molecule has 0 aromatic heterocycles. The molecule has 0 unspecified atom stereocenters. The van der Waals surface area contributed by atoms with Gasteiger partial charge in [-0.2, -0.15) is 0 Å². The van der Waals surface area contributed by atoms with Crippen molar-refractivity contribution in [2.75, 3.05) is 26.4 Å². The lowest BCUT2D eigenvalue weighted by Gasteiger charge is -2.24. The van der Waals surface area contributed by atoms with Crippen LogP contribution >= 0.6 is 0 Å². The molecule has 0 saturated carbocycles. The molecule has 0 bridgehead atoms. The topological polar surface area (TPSA) is 139 Å².